The molecule has 2 aromatic heterocycles. The average Bonchev–Trinajstić information content (AvgIpc) is 3.10. The molecule has 0 fully saturated rings. The Hall–Kier alpha value is -3.26. The zero-order valence-electron chi connectivity index (χ0n) is 14.1. The molecule has 0 aliphatic heterocycles. The fourth-order valence-electron chi connectivity index (χ4n) is 2.57. The SMILES string of the molecule is Cl.Cn1cc(-c2ccc(NC(=O)c3nc(N)cn3C)cc2)cc1C(=O)O. The van der Waals surface area contributed by atoms with Crippen LogP contribution < -0.4 is 11.1 Å². The second kappa shape index (κ2) is 7.32. The molecule has 0 saturated carbocycles. The minimum atomic E-state index is -0.980. The molecule has 2 heterocycles. The molecule has 0 atom stereocenters. The second-order valence-corrected chi connectivity index (χ2v) is 5.66. The normalized spacial score (nSPS) is 10.2. The average molecular weight is 376 g/mol. The van der Waals surface area contributed by atoms with Crippen LogP contribution in [0.2, 0.25) is 0 Å². The number of carbonyl (C=O) groups is 2. The van der Waals surface area contributed by atoms with Gasteiger partial charge in [0.1, 0.15) is 11.5 Å². The predicted octanol–water partition coefficient (Wildman–Crippen LogP) is 2.38. The van der Waals surface area contributed by atoms with Crippen molar-refractivity contribution in [3.63, 3.8) is 0 Å². The monoisotopic (exact) mass is 375 g/mol. The van der Waals surface area contributed by atoms with E-state index in [0.29, 0.717) is 5.69 Å². The lowest BCUT2D eigenvalue weighted by molar-refractivity contribution is 0.0686. The zero-order chi connectivity index (χ0) is 18.1. The van der Waals surface area contributed by atoms with Crippen LogP contribution >= 0.6 is 12.4 Å². The molecule has 0 aliphatic rings. The van der Waals surface area contributed by atoms with E-state index in [9.17, 15) is 9.59 Å². The van der Waals surface area contributed by atoms with E-state index in [1.807, 2.05) is 12.1 Å². The maximum atomic E-state index is 12.2. The van der Waals surface area contributed by atoms with Gasteiger partial charge in [0.25, 0.3) is 5.91 Å². The first-order valence-electron chi connectivity index (χ1n) is 7.45. The van der Waals surface area contributed by atoms with Crippen LogP contribution in [0.1, 0.15) is 21.1 Å². The van der Waals surface area contributed by atoms with E-state index in [4.69, 9.17) is 10.8 Å². The molecule has 4 N–H and O–H groups in total. The molecule has 8 nitrogen and oxygen atoms in total. The molecule has 0 spiro atoms. The van der Waals surface area contributed by atoms with Gasteiger partial charge in [0.05, 0.1) is 0 Å². The molecule has 3 aromatic rings. The highest BCUT2D eigenvalue weighted by molar-refractivity contribution is 6.02. The number of rotatable bonds is 4. The third-order valence-electron chi connectivity index (χ3n) is 3.80. The van der Waals surface area contributed by atoms with Crippen molar-refractivity contribution in [2.45, 2.75) is 0 Å². The van der Waals surface area contributed by atoms with E-state index in [1.54, 1.807) is 53.8 Å². The van der Waals surface area contributed by atoms with Crippen LogP contribution in [0, 0.1) is 0 Å². The summed E-state index contributed by atoms with van der Waals surface area (Å²) in [6.45, 7) is 0. The smallest absolute Gasteiger partial charge is 0.352 e. The number of hydrogen-bond donors (Lipinski definition) is 3. The molecular weight excluding hydrogens is 358 g/mol. The van der Waals surface area contributed by atoms with Gasteiger partial charge in [-0.1, -0.05) is 12.1 Å². The van der Waals surface area contributed by atoms with Crippen molar-refractivity contribution in [1.29, 1.82) is 0 Å². The van der Waals surface area contributed by atoms with Crippen LogP contribution in [0.5, 0.6) is 0 Å². The number of nitrogen functional groups attached to an aromatic ring is 1. The van der Waals surface area contributed by atoms with Crippen LogP contribution in [-0.4, -0.2) is 31.1 Å². The molecular formula is C17H18ClN5O3. The van der Waals surface area contributed by atoms with Crippen molar-refractivity contribution in [3.05, 3.63) is 54.2 Å². The van der Waals surface area contributed by atoms with Gasteiger partial charge in [0.15, 0.2) is 0 Å². The summed E-state index contributed by atoms with van der Waals surface area (Å²) >= 11 is 0. The van der Waals surface area contributed by atoms with Crippen molar-refractivity contribution in [3.8, 4) is 11.1 Å². The first-order chi connectivity index (χ1) is 11.8. The second-order valence-electron chi connectivity index (χ2n) is 5.66. The Kier molecular flexibility index (Phi) is 5.37. The van der Waals surface area contributed by atoms with Gasteiger partial charge in [-0.25, -0.2) is 9.78 Å². The highest BCUT2D eigenvalue weighted by Gasteiger charge is 2.14. The van der Waals surface area contributed by atoms with Gasteiger partial charge in [-0.3, -0.25) is 4.79 Å². The maximum absolute atomic E-state index is 12.2. The summed E-state index contributed by atoms with van der Waals surface area (Å²) in [6.07, 6.45) is 3.31. The molecule has 3 rings (SSSR count). The summed E-state index contributed by atoms with van der Waals surface area (Å²) in [7, 11) is 3.37. The molecule has 1 aromatic carbocycles. The van der Waals surface area contributed by atoms with E-state index in [2.05, 4.69) is 10.3 Å². The number of nitrogens with two attached hydrogens (primary N) is 1. The Bertz CT molecular complexity index is 959. The molecule has 9 heteroatoms. The van der Waals surface area contributed by atoms with Crippen molar-refractivity contribution in [2.75, 3.05) is 11.1 Å². The molecule has 0 aliphatic carbocycles. The lowest BCUT2D eigenvalue weighted by Gasteiger charge is -2.06. The van der Waals surface area contributed by atoms with Crippen LogP contribution in [0.25, 0.3) is 11.1 Å². The van der Waals surface area contributed by atoms with Crippen LogP contribution in [0.3, 0.4) is 0 Å². The molecule has 136 valence electrons. The van der Waals surface area contributed by atoms with Crippen molar-refractivity contribution < 1.29 is 14.7 Å². The van der Waals surface area contributed by atoms with Crippen LogP contribution in [0.15, 0.2) is 42.7 Å². The number of aromatic carboxylic acids is 1. The van der Waals surface area contributed by atoms with Gasteiger partial charge in [0, 0.05) is 37.7 Å². The zero-order valence-corrected chi connectivity index (χ0v) is 14.9. The third-order valence-corrected chi connectivity index (χ3v) is 3.80. The van der Waals surface area contributed by atoms with Gasteiger partial charge in [0.2, 0.25) is 5.82 Å². The number of nitrogens with one attached hydrogen (secondary N) is 1. The molecule has 26 heavy (non-hydrogen) atoms. The minimum Gasteiger partial charge on any atom is -0.477 e. The Labute approximate surface area is 155 Å². The van der Waals surface area contributed by atoms with Crippen LogP contribution in [0.4, 0.5) is 11.5 Å². The van der Waals surface area contributed by atoms with E-state index in [0.717, 1.165) is 11.1 Å². The maximum Gasteiger partial charge on any atom is 0.352 e. The highest BCUT2D eigenvalue weighted by atomic mass is 35.5. The lowest BCUT2D eigenvalue weighted by Crippen LogP contribution is -2.16. The van der Waals surface area contributed by atoms with Crippen LogP contribution in [-0.2, 0) is 14.1 Å². The number of imidazole rings is 1. The number of aryl methyl sites for hydroxylation is 2. The van der Waals surface area contributed by atoms with E-state index < -0.39 is 5.97 Å². The number of amides is 1. The molecule has 0 radical (unpaired) electrons. The highest BCUT2D eigenvalue weighted by Crippen LogP contribution is 2.24. The number of benzene rings is 1. The van der Waals surface area contributed by atoms with Gasteiger partial charge >= 0.3 is 5.97 Å². The van der Waals surface area contributed by atoms with Gasteiger partial charge < -0.3 is 25.3 Å². The minimum absolute atomic E-state index is 0. The number of halogens is 1. The fourth-order valence-corrected chi connectivity index (χ4v) is 2.57. The molecule has 0 saturated heterocycles. The largest absolute Gasteiger partial charge is 0.477 e. The number of carboxylic acid groups (broad SMARTS) is 1. The third kappa shape index (κ3) is 3.70. The molecule has 0 bridgehead atoms. The molecule has 0 unspecified atom stereocenters. The summed E-state index contributed by atoms with van der Waals surface area (Å²) in [5.74, 6) is -0.844. The first-order valence-corrected chi connectivity index (χ1v) is 7.45. The first kappa shape index (κ1) is 19.1. The number of aromatic nitrogens is 3. The summed E-state index contributed by atoms with van der Waals surface area (Å²) in [5.41, 5.74) is 8.02. The lowest BCUT2D eigenvalue weighted by atomic mass is 10.1. The van der Waals surface area contributed by atoms with Crippen molar-refractivity contribution in [2.24, 2.45) is 14.1 Å². The van der Waals surface area contributed by atoms with Gasteiger partial charge in [-0.05, 0) is 23.8 Å². The Morgan fingerprint density at radius 2 is 1.73 bits per heavy atom. The number of anilines is 2. The number of nitrogens with zero attached hydrogens (tertiary/aromatic N) is 3. The van der Waals surface area contributed by atoms with E-state index >= 15 is 0 Å². The Balaban J connectivity index is 0.00000243. The Morgan fingerprint density at radius 3 is 2.23 bits per heavy atom. The number of carbonyl (C=O) groups excluding carboxylic acids is 1. The standard InChI is InChI=1S/C17H17N5O3.ClH/c1-21-8-11(7-13(21)17(24)25)10-3-5-12(6-4-10)19-16(23)15-20-14(18)9-22(15)2;/h3-9H,18H2,1-2H3,(H,19,23)(H,24,25);1H. The predicted molar refractivity (Wildman–Crippen MR) is 101 cm³/mol. The van der Waals surface area contributed by atoms with Gasteiger partial charge in [-0.15, -0.1) is 12.4 Å². The summed E-state index contributed by atoms with van der Waals surface area (Å²) in [4.78, 5) is 27.3. The summed E-state index contributed by atoms with van der Waals surface area (Å²) < 4.78 is 3.11. The van der Waals surface area contributed by atoms with E-state index in [-0.39, 0.29) is 35.7 Å². The number of carboxylic acids is 1. The van der Waals surface area contributed by atoms with Crippen molar-refractivity contribution in [1.82, 2.24) is 14.1 Å². The number of hydrogen-bond acceptors (Lipinski definition) is 4. The fraction of sp³-hybridized carbons (Fsp3) is 0.118. The quantitative estimate of drug-likeness (QED) is 0.647. The Morgan fingerprint density at radius 1 is 1.08 bits per heavy atom. The summed E-state index contributed by atoms with van der Waals surface area (Å²) in [6, 6.07) is 8.71. The topological polar surface area (TPSA) is 115 Å². The summed E-state index contributed by atoms with van der Waals surface area (Å²) in [5, 5.41) is 11.9. The van der Waals surface area contributed by atoms with E-state index in [1.165, 1.54) is 0 Å². The van der Waals surface area contributed by atoms with Crippen molar-refractivity contribution >= 4 is 35.8 Å². The van der Waals surface area contributed by atoms with Gasteiger partial charge in [-0.2, -0.15) is 0 Å². The molecule has 1 amide bonds.